The van der Waals surface area contributed by atoms with Gasteiger partial charge in [0, 0.05) is 17.2 Å². The molecule has 0 spiro atoms. The Balaban J connectivity index is 2.14. The molecule has 0 radical (unpaired) electrons. The highest BCUT2D eigenvalue weighted by Crippen LogP contribution is 2.21. The summed E-state index contributed by atoms with van der Waals surface area (Å²) in [6.45, 7) is 0. The Labute approximate surface area is 167 Å². The van der Waals surface area contributed by atoms with Gasteiger partial charge in [0.25, 0.3) is 11.2 Å². The molecular weight excluding hydrogens is 404 g/mol. The summed E-state index contributed by atoms with van der Waals surface area (Å²) in [6, 6.07) is 8.75. The molecule has 0 saturated heterocycles. The van der Waals surface area contributed by atoms with Crippen LogP contribution in [-0.4, -0.2) is 31.7 Å². The molecule has 0 aliphatic rings. The van der Waals surface area contributed by atoms with Crippen molar-refractivity contribution in [3.63, 3.8) is 0 Å². The molecule has 11 nitrogen and oxygen atoms in total. The molecule has 0 saturated carbocycles. The molecule has 1 atom stereocenters. The number of carbonyl (C=O) groups is 1. The zero-order valence-electron chi connectivity index (χ0n) is 14.5. The molecule has 0 aliphatic carbocycles. The zero-order chi connectivity index (χ0) is 21.1. The summed E-state index contributed by atoms with van der Waals surface area (Å²) in [7, 11) is 0. The Hall–Kier alpha value is -3.83. The molecule has 0 aliphatic heterocycles. The second kappa shape index (κ2) is 8.04. The fourth-order valence-electron chi connectivity index (χ4n) is 2.52. The highest BCUT2D eigenvalue weighted by Gasteiger charge is 2.23. The van der Waals surface area contributed by atoms with Crippen molar-refractivity contribution < 1.29 is 14.8 Å². The smallest absolute Gasteiger partial charge is 0.332 e. The number of hydrazone groups is 1. The zero-order valence-corrected chi connectivity index (χ0v) is 15.3. The minimum Gasteiger partial charge on any atom is -0.382 e. The first-order valence-corrected chi connectivity index (χ1v) is 8.39. The topological polar surface area (TPSA) is 177 Å². The van der Waals surface area contributed by atoms with E-state index in [4.69, 9.17) is 17.3 Å². The maximum absolute atomic E-state index is 12.5. The van der Waals surface area contributed by atoms with E-state index in [2.05, 4.69) is 15.1 Å². The average molecular weight is 417 g/mol. The first-order chi connectivity index (χ1) is 13.8. The monoisotopic (exact) mass is 416 g/mol. The second-order valence-electron chi connectivity index (χ2n) is 5.80. The quantitative estimate of drug-likeness (QED) is 0.278. The number of nitrogens with one attached hydrogen (secondary N) is 2. The number of benzene rings is 2. The number of H-pyrrole nitrogens is 1. The molecule has 3 rings (SSSR count). The van der Waals surface area contributed by atoms with Crippen LogP contribution in [0.1, 0.15) is 17.4 Å². The Morgan fingerprint density at radius 1 is 1.31 bits per heavy atom. The van der Waals surface area contributed by atoms with Crippen molar-refractivity contribution in [2.45, 2.75) is 6.10 Å². The van der Waals surface area contributed by atoms with Crippen molar-refractivity contribution >= 4 is 40.1 Å². The number of hydrogen-bond donors (Lipinski definition) is 4. The summed E-state index contributed by atoms with van der Waals surface area (Å²) >= 11 is 5.84. The molecule has 29 heavy (non-hydrogen) atoms. The predicted molar refractivity (Wildman–Crippen MR) is 105 cm³/mol. The SMILES string of the molecule is NC(=O)N/N=C(\c1nc2ccc([N+](=O)[O-])cc2[nH]c1=O)[C@H](O)c1ccc(Cl)cc1. The first kappa shape index (κ1) is 19.9. The van der Waals surface area contributed by atoms with Gasteiger partial charge in [0.1, 0.15) is 11.8 Å². The van der Waals surface area contributed by atoms with Crippen LogP contribution in [0.25, 0.3) is 11.0 Å². The number of fused-ring (bicyclic) bond motifs is 1. The first-order valence-electron chi connectivity index (χ1n) is 8.01. The minimum atomic E-state index is -1.46. The molecular formula is C17H13ClN6O5. The Morgan fingerprint density at radius 2 is 2.00 bits per heavy atom. The number of aliphatic hydroxyl groups excluding tert-OH is 1. The van der Waals surface area contributed by atoms with Crippen LogP contribution in [0.2, 0.25) is 5.02 Å². The van der Waals surface area contributed by atoms with Gasteiger partial charge >= 0.3 is 6.03 Å². The molecule has 148 valence electrons. The number of non-ortho nitro benzene ring substituents is 1. The number of primary amides is 1. The fourth-order valence-corrected chi connectivity index (χ4v) is 2.65. The fraction of sp³-hybridized carbons (Fsp3) is 0.0588. The van der Waals surface area contributed by atoms with E-state index in [1.54, 1.807) is 0 Å². The number of nitrogens with zero attached hydrogens (tertiary/aromatic N) is 3. The highest BCUT2D eigenvalue weighted by atomic mass is 35.5. The summed E-state index contributed by atoms with van der Waals surface area (Å²) in [5.74, 6) is 0. The van der Waals surface area contributed by atoms with Gasteiger partial charge < -0.3 is 15.8 Å². The highest BCUT2D eigenvalue weighted by molar-refractivity contribution is 6.30. The maximum Gasteiger partial charge on any atom is 0.332 e. The lowest BCUT2D eigenvalue weighted by molar-refractivity contribution is -0.384. The molecule has 12 heteroatoms. The van der Waals surface area contributed by atoms with E-state index in [0.717, 1.165) is 6.07 Å². The van der Waals surface area contributed by atoms with Crippen molar-refractivity contribution in [1.82, 2.24) is 15.4 Å². The normalized spacial score (nSPS) is 12.6. The standard InChI is InChI=1S/C17H13ClN6O5/c18-9-3-1-8(2-4-9)15(25)13(22-23-17(19)27)14-16(26)21-12-7-10(24(28)29)5-6-11(12)20-14/h1-7,15,25H,(H,21,26)(H3,19,23,27)/b22-13+/t15-/m1/s1. The van der Waals surface area contributed by atoms with E-state index in [-0.39, 0.29) is 28.1 Å². The van der Waals surface area contributed by atoms with Gasteiger partial charge in [0.15, 0.2) is 5.69 Å². The number of amides is 2. The van der Waals surface area contributed by atoms with Crippen LogP contribution < -0.4 is 16.7 Å². The largest absolute Gasteiger partial charge is 0.382 e. The van der Waals surface area contributed by atoms with Crippen molar-refractivity contribution in [1.29, 1.82) is 0 Å². The van der Waals surface area contributed by atoms with Gasteiger partial charge in [-0.15, -0.1) is 0 Å². The van der Waals surface area contributed by atoms with Crippen molar-refractivity contribution in [2.24, 2.45) is 10.8 Å². The minimum absolute atomic E-state index is 0.121. The summed E-state index contributed by atoms with van der Waals surface area (Å²) in [5.41, 5.74) is 6.04. The second-order valence-corrected chi connectivity index (χ2v) is 6.24. The summed E-state index contributed by atoms with van der Waals surface area (Å²) < 4.78 is 0. The third kappa shape index (κ3) is 4.36. The van der Waals surface area contributed by atoms with E-state index in [1.807, 2.05) is 5.43 Å². The van der Waals surface area contributed by atoms with Crippen LogP contribution in [0, 0.1) is 10.1 Å². The van der Waals surface area contributed by atoms with Crippen LogP contribution in [0.3, 0.4) is 0 Å². The summed E-state index contributed by atoms with van der Waals surface area (Å²) in [5, 5.41) is 25.8. The summed E-state index contributed by atoms with van der Waals surface area (Å²) in [6.07, 6.45) is -1.46. The van der Waals surface area contributed by atoms with Gasteiger partial charge in [-0.05, 0) is 23.8 Å². The van der Waals surface area contributed by atoms with Crippen molar-refractivity contribution in [2.75, 3.05) is 0 Å². The number of rotatable bonds is 5. The molecule has 0 bridgehead atoms. The number of aliphatic hydroxyl groups is 1. The Kier molecular flexibility index (Phi) is 5.52. The number of nitro benzene ring substituents is 1. The van der Waals surface area contributed by atoms with Crippen LogP contribution in [0.15, 0.2) is 52.4 Å². The molecule has 0 unspecified atom stereocenters. The number of urea groups is 1. The maximum atomic E-state index is 12.5. The van der Waals surface area contributed by atoms with Crippen molar-refractivity contribution in [3.05, 3.63) is 79.2 Å². The number of aromatic nitrogens is 2. The number of nitro groups is 1. The summed E-state index contributed by atoms with van der Waals surface area (Å²) in [4.78, 5) is 40.5. The van der Waals surface area contributed by atoms with Gasteiger partial charge in [-0.1, -0.05) is 23.7 Å². The number of hydrogen-bond acceptors (Lipinski definition) is 7. The van der Waals surface area contributed by atoms with E-state index in [9.17, 15) is 24.8 Å². The Bertz CT molecular complexity index is 1190. The van der Waals surface area contributed by atoms with Gasteiger partial charge in [-0.3, -0.25) is 14.9 Å². The van der Waals surface area contributed by atoms with Crippen LogP contribution in [-0.2, 0) is 0 Å². The molecule has 1 aromatic heterocycles. The van der Waals surface area contributed by atoms with Crippen LogP contribution in [0.5, 0.6) is 0 Å². The lowest BCUT2D eigenvalue weighted by Crippen LogP contribution is -2.31. The Morgan fingerprint density at radius 3 is 2.62 bits per heavy atom. The lowest BCUT2D eigenvalue weighted by Gasteiger charge is -2.14. The van der Waals surface area contributed by atoms with Gasteiger partial charge in [-0.2, -0.15) is 5.10 Å². The average Bonchev–Trinajstić information content (AvgIpc) is 2.68. The van der Waals surface area contributed by atoms with Gasteiger partial charge in [0.2, 0.25) is 0 Å². The van der Waals surface area contributed by atoms with E-state index >= 15 is 0 Å². The van der Waals surface area contributed by atoms with E-state index in [1.165, 1.54) is 36.4 Å². The van der Waals surface area contributed by atoms with Crippen LogP contribution in [0.4, 0.5) is 10.5 Å². The third-order valence-corrected chi connectivity index (χ3v) is 4.11. The number of nitrogens with two attached hydrogens (primary N) is 1. The molecule has 3 aromatic rings. The number of carbonyl (C=O) groups excluding carboxylic acids is 1. The molecule has 1 heterocycles. The molecule has 0 fully saturated rings. The van der Waals surface area contributed by atoms with E-state index < -0.39 is 22.6 Å². The molecule has 5 N–H and O–H groups in total. The third-order valence-electron chi connectivity index (χ3n) is 3.86. The number of halogens is 1. The molecule has 2 amide bonds. The van der Waals surface area contributed by atoms with Crippen LogP contribution >= 0.6 is 11.6 Å². The number of aromatic amines is 1. The van der Waals surface area contributed by atoms with E-state index in [0.29, 0.717) is 10.6 Å². The van der Waals surface area contributed by atoms with Crippen molar-refractivity contribution in [3.8, 4) is 0 Å². The molecule has 2 aromatic carbocycles. The predicted octanol–water partition coefficient (Wildman–Crippen LogP) is 1.59. The van der Waals surface area contributed by atoms with Gasteiger partial charge in [0.05, 0.1) is 16.0 Å². The lowest BCUT2D eigenvalue weighted by atomic mass is 10.0. The van der Waals surface area contributed by atoms with Gasteiger partial charge in [-0.25, -0.2) is 15.2 Å².